The van der Waals surface area contributed by atoms with Crippen molar-refractivity contribution >= 4 is 5.91 Å². The van der Waals surface area contributed by atoms with Crippen LogP contribution in [-0.4, -0.2) is 19.6 Å². The van der Waals surface area contributed by atoms with Crippen molar-refractivity contribution in [3.63, 3.8) is 0 Å². The molecule has 0 atom stereocenters. The third kappa shape index (κ3) is 3.09. The summed E-state index contributed by atoms with van der Waals surface area (Å²) < 4.78 is 5.19. The summed E-state index contributed by atoms with van der Waals surface area (Å²) in [4.78, 5) is 11.6. The number of rotatable bonds is 6. The third-order valence-electron chi connectivity index (χ3n) is 4.11. The topological polar surface area (TPSA) is 38.3 Å². The first-order valence-corrected chi connectivity index (χ1v) is 7.11. The Kier molecular flexibility index (Phi) is 4.46. The Bertz CT molecular complexity index is 421. The van der Waals surface area contributed by atoms with Crippen molar-refractivity contribution < 1.29 is 9.53 Å². The molecule has 0 aliphatic heterocycles. The Morgan fingerprint density at radius 1 is 1.32 bits per heavy atom. The monoisotopic (exact) mass is 261 g/mol. The number of carbonyl (C=O) groups is 1. The first-order chi connectivity index (χ1) is 9.20. The van der Waals surface area contributed by atoms with Gasteiger partial charge in [-0.15, -0.1) is 0 Å². The van der Waals surface area contributed by atoms with Crippen LogP contribution in [0.15, 0.2) is 24.3 Å². The summed E-state index contributed by atoms with van der Waals surface area (Å²) in [5.41, 5.74) is 1.46. The first kappa shape index (κ1) is 13.9. The Morgan fingerprint density at radius 2 is 2.00 bits per heavy atom. The lowest BCUT2D eigenvalue weighted by Crippen LogP contribution is -2.45. The highest BCUT2D eigenvalue weighted by molar-refractivity contribution is 5.75. The van der Waals surface area contributed by atoms with Crippen LogP contribution in [0.4, 0.5) is 0 Å². The summed E-state index contributed by atoms with van der Waals surface area (Å²) in [7, 11) is 1.68. The maximum Gasteiger partial charge on any atom is 0.220 e. The van der Waals surface area contributed by atoms with Gasteiger partial charge in [-0.1, -0.05) is 25.5 Å². The molecule has 1 aromatic rings. The number of benzene rings is 1. The van der Waals surface area contributed by atoms with Crippen LogP contribution in [0.25, 0.3) is 0 Å². The molecular weight excluding hydrogens is 238 g/mol. The molecule has 0 unspecified atom stereocenters. The molecule has 1 amide bonds. The molecule has 0 heterocycles. The van der Waals surface area contributed by atoms with Crippen LogP contribution in [0.2, 0.25) is 0 Å². The van der Waals surface area contributed by atoms with Crippen molar-refractivity contribution in [3.05, 3.63) is 29.8 Å². The molecular formula is C16H23NO2. The number of amides is 1. The number of carbonyl (C=O) groups excluding carboxylic acids is 1. The fourth-order valence-corrected chi connectivity index (χ4v) is 2.70. The van der Waals surface area contributed by atoms with Gasteiger partial charge in [0.15, 0.2) is 0 Å². The molecule has 3 heteroatoms. The lowest BCUT2D eigenvalue weighted by Gasteiger charge is -2.42. The Labute approximate surface area is 115 Å². The van der Waals surface area contributed by atoms with Gasteiger partial charge in [0.05, 0.1) is 7.11 Å². The van der Waals surface area contributed by atoms with Gasteiger partial charge in [0.1, 0.15) is 5.75 Å². The average molecular weight is 261 g/mol. The maximum absolute atomic E-state index is 11.6. The summed E-state index contributed by atoms with van der Waals surface area (Å²) in [6.07, 6.45) is 5.09. The van der Waals surface area contributed by atoms with Crippen LogP contribution in [-0.2, 0) is 10.2 Å². The Balaban J connectivity index is 2.02. The van der Waals surface area contributed by atoms with Crippen LogP contribution in [0.5, 0.6) is 5.75 Å². The van der Waals surface area contributed by atoms with Crippen LogP contribution in [0.1, 0.15) is 44.6 Å². The van der Waals surface area contributed by atoms with E-state index in [4.69, 9.17) is 4.74 Å². The molecule has 104 valence electrons. The lowest BCUT2D eigenvalue weighted by atomic mass is 9.64. The third-order valence-corrected chi connectivity index (χ3v) is 4.11. The number of ether oxygens (including phenoxy) is 1. The summed E-state index contributed by atoms with van der Waals surface area (Å²) in [6.45, 7) is 2.79. The van der Waals surface area contributed by atoms with Gasteiger partial charge in [0.25, 0.3) is 0 Å². The zero-order chi connectivity index (χ0) is 13.7. The van der Waals surface area contributed by atoms with E-state index < -0.39 is 0 Å². The maximum atomic E-state index is 11.6. The molecule has 1 aromatic carbocycles. The van der Waals surface area contributed by atoms with Gasteiger partial charge in [-0.3, -0.25) is 4.79 Å². The fourth-order valence-electron chi connectivity index (χ4n) is 2.70. The van der Waals surface area contributed by atoms with E-state index in [1.165, 1.54) is 12.0 Å². The predicted molar refractivity (Wildman–Crippen MR) is 76.4 cm³/mol. The molecule has 0 spiro atoms. The second-order valence-electron chi connectivity index (χ2n) is 5.39. The van der Waals surface area contributed by atoms with E-state index in [1.54, 1.807) is 7.11 Å². The largest absolute Gasteiger partial charge is 0.497 e. The highest BCUT2D eigenvalue weighted by Crippen LogP contribution is 2.43. The number of methoxy groups -OCH3 is 1. The van der Waals surface area contributed by atoms with E-state index in [1.807, 2.05) is 19.1 Å². The van der Waals surface area contributed by atoms with Crippen molar-refractivity contribution in [2.24, 2.45) is 0 Å². The number of hydrogen-bond acceptors (Lipinski definition) is 2. The number of nitrogens with one attached hydrogen (secondary N) is 1. The summed E-state index contributed by atoms with van der Waals surface area (Å²) in [5.74, 6) is 1.05. The van der Waals surface area contributed by atoms with E-state index >= 15 is 0 Å². The molecule has 1 aliphatic rings. The molecule has 3 nitrogen and oxygen atoms in total. The van der Waals surface area contributed by atoms with Gasteiger partial charge >= 0.3 is 0 Å². The average Bonchev–Trinajstić information content (AvgIpc) is 2.38. The van der Waals surface area contributed by atoms with Crippen LogP contribution in [0.3, 0.4) is 0 Å². The Hall–Kier alpha value is -1.51. The molecule has 2 rings (SSSR count). The molecule has 1 N–H and O–H groups in total. The van der Waals surface area contributed by atoms with Gasteiger partial charge < -0.3 is 10.1 Å². The van der Waals surface area contributed by atoms with Crippen molar-refractivity contribution in [3.8, 4) is 5.75 Å². The zero-order valence-electron chi connectivity index (χ0n) is 11.9. The normalized spacial score (nSPS) is 16.5. The van der Waals surface area contributed by atoms with E-state index in [2.05, 4.69) is 17.4 Å². The van der Waals surface area contributed by atoms with Crippen molar-refractivity contribution in [2.45, 2.75) is 44.4 Å². The lowest BCUT2D eigenvalue weighted by molar-refractivity contribution is -0.121. The first-order valence-electron chi connectivity index (χ1n) is 7.11. The van der Waals surface area contributed by atoms with E-state index in [-0.39, 0.29) is 11.3 Å². The highest BCUT2D eigenvalue weighted by atomic mass is 16.5. The molecule has 1 aliphatic carbocycles. The molecule has 0 aromatic heterocycles. The van der Waals surface area contributed by atoms with Crippen molar-refractivity contribution in [1.82, 2.24) is 5.32 Å². The summed E-state index contributed by atoms with van der Waals surface area (Å²) >= 11 is 0. The molecule has 1 fully saturated rings. The molecule has 0 radical (unpaired) electrons. The zero-order valence-corrected chi connectivity index (χ0v) is 11.9. The second-order valence-corrected chi connectivity index (χ2v) is 5.39. The number of hydrogen-bond donors (Lipinski definition) is 1. The SMILES string of the molecule is CCCC(=O)NCC1(c2ccc(OC)cc2)CCC1. The van der Waals surface area contributed by atoms with Gasteiger partial charge in [0, 0.05) is 18.4 Å². The minimum atomic E-state index is 0.148. The smallest absolute Gasteiger partial charge is 0.220 e. The van der Waals surface area contributed by atoms with Crippen molar-refractivity contribution in [1.29, 1.82) is 0 Å². The minimum absolute atomic E-state index is 0.148. The highest BCUT2D eigenvalue weighted by Gasteiger charge is 2.38. The minimum Gasteiger partial charge on any atom is -0.497 e. The van der Waals surface area contributed by atoms with Gasteiger partial charge in [0.2, 0.25) is 5.91 Å². The summed E-state index contributed by atoms with van der Waals surface area (Å²) in [5, 5.41) is 3.08. The van der Waals surface area contributed by atoms with E-state index in [0.717, 1.165) is 31.6 Å². The van der Waals surface area contributed by atoms with Gasteiger partial charge in [-0.05, 0) is 37.0 Å². The molecule has 0 saturated heterocycles. The second kappa shape index (κ2) is 6.09. The van der Waals surface area contributed by atoms with E-state index in [0.29, 0.717) is 6.42 Å². The van der Waals surface area contributed by atoms with Gasteiger partial charge in [-0.2, -0.15) is 0 Å². The molecule has 19 heavy (non-hydrogen) atoms. The molecule has 0 bridgehead atoms. The summed E-state index contributed by atoms with van der Waals surface area (Å²) in [6, 6.07) is 8.26. The fraction of sp³-hybridized carbons (Fsp3) is 0.562. The van der Waals surface area contributed by atoms with Crippen LogP contribution < -0.4 is 10.1 Å². The van der Waals surface area contributed by atoms with E-state index in [9.17, 15) is 4.79 Å². The predicted octanol–water partition coefficient (Wildman–Crippen LogP) is 3.03. The molecule has 1 saturated carbocycles. The van der Waals surface area contributed by atoms with Gasteiger partial charge in [-0.25, -0.2) is 0 Å². The Morgan fingerprint density at radius 3 is 2.47 bits per heavy atom. The standard InChI is InChI=1S/C16H23NO2/c1-3-5-15(18)17-12-16(10-4-11-16)13-6-8-14(19-2)9-7-13/h6-9H,3-5,10-12H2,1-2H3,(H,17,18). The van der Waals surface area contributed by atoms with Crippen LogP contribution in [0, 0.1) is 0 Å². The van der Waals surface area contributed by atoms with Crippen molar-refractivity contribution in [2.75, 3.05) is 13.7 Å². The van der Waals surface area contributed by atoms with Crippen LogP contribution >= 0.6 is 0 Å². The quantitative estimate of drug-likeness (QED) is 0.854.